The van der Waals surface area contributed by atoms with E-state index >= 15 is 0 Å². The molecule has 1 aromatic carbocycles. The molecule has 2 aliphatic rings. The van der Waals surface area contributed by atoms with Gasteiger partial charge in [0.25, 0.3) is 0 Å². The van der Waals surface area contributed by atoms with Gasteiger partial charge in [0, 0.05) is 32.2 Å². The van der Waals surface area contributed by atoms with Crippen molar-refractivity contribution in [3.63, 3.8) is 0 Å². The van der Waals surface area contributed by atoms with Crippen molar-refractivity contribution in [3.8, 4) is 0 Å². The molecule has 1 aliphatic carbocycles. The monoisotopic (exact) mass is 314 g/mol. The molecule has 23 heavy (non-hydrogen) atoms. The zero-order valence-electron chi connectivity index (χ0n) is 15.3. The molecule has 0 radical (unpaired) electrons. The standard InChI is InChI=1S/C21H34N2/c1-21(2,3)19-11-9-18(10-12-19)20(17-7-5-4-6-8-17)23-15-13-22-14-16-23/h9-12,17,20,22H,4-8,13-16H2,1-3H3/t20-/m1/s1. The predicted molar refractivity (Wildman–Crippen MR) is 98.9 cm³/mol. The summed E-state index contributed by atoms with van der Waals surface area (Å²) in [5, 5.41) is 3.51. The van der Waals surface area contributed by atoms with Gasteiger partial charge in [-0.15, -0.1) is 0 Å². The fourth-order valence-electron chi connectivity index (χ4n) is 4.37. The van der Waals surface area contributed by atoms with Crippen molar-refractivity contribution >= 4 is 0 Å². The van der Waals surface area contributed by atoms with Gasteiger partial charge in [0.1, 0.15) is 0 Å². The highest BCUT2D eigenvalue weighted by molar-refractivity contribution is 5.30. The van der Waals surface area contributed by atoms with Gasteiger partial charge in [-0.05, 0) is 35.3 Å². The highest BCUT2D eigenvalue weighted by Gasteiger charge is 2.31. The van der Waals surface area contributed by atoms with Gasteiger partial charge in [0.05, 0.1) is 0 Å². The summed E-state index contributed by atoms with van der Waals surface area (Å²) < 4.78 is 0. The molecule has 1 heterocycles. The highest BCUT2D eigenvalue weighted by Crippen LogP contribution is 2.39. The fraction of sp³-hybridized carbons (Fsp3) is 0.714. The van der Waals surface area contributed by atoms with E-state index < -0.39 is 0 Å². The van der Waals surface area contributed by atoms with E-state index in [0.717, 1.165) is 19.0 Å². The average Bonchev–Trinajstić information content (AvgIpc) is 2.57. The van der Waals surface area contributed by atoms with Crippen LogP contribution in [0.25, 0.3) is 0 Å². The molecule has 0 aromatic heterocycles. The summed E-state index contributed by atoms with van der Waals surface area (Å²) in [5.74, 6) is 0.849. The van der Waals surface area contributed by atoms with E-state index in [1.165, 1.54) is 50.8 Å². The molecule has 0 amide bonds. The molecule has 1 atom stereocenters. The van der Waals surface area contributed by atoms with Crippen molar-refractivity contribution in [3.05, 3.63) is 35.4 Å². The molecule has 0 spiro atoms. The predicted octanol–water partition coefficient (Wildman–Crippen LogP) is 4.51. The average molecular weight is 315 g/mol. The molecule has 1 saturated heterocycles. The van der Waals surface area contributed by atoms with Gasteiger partial charge < -0.3 is 5.32 Å². The Hall–Kier alpha value is -0.860. The molecule has 1 N–H and O–H groups in total. The lowest BCUT2D eigenvalue weighted by Gasteiger charge is -2.41. The first-order valence-electron chi connectivity index (χ1n) is 9.61. The van der Waals surface area contributed by atoms with Crippen molar-refractivity contribution < 1.29 is 0 Å². The van der Waals surface area contributed by atoms with Crippen molar-refractivity contribution in [2.45, 2.75) is 64.3 Å². The molecule has 1 aliphatic heterocycles. The lowest BCUT2D eigenvalue weighted by molar-refractivity contribution is 0.103. The Morgan fingerprint density at radius 2 is 1.57 bits per heavy atom. The smallest absolute Gasteiger partial charge is 0.0377 e. The maximum atomic E-state index is 3.51. The largest absolute Gasteiger partial charge is 0.314 e. The van der Waals surface area contributed by atoms with Crippen LogP contribution in [-0.2, 0) is 5.41 Å². The molecule has 1 saturated carbocycles. The van der Waals surface area contributed by atoms with Crippen LogP contribution in [0.3, 0.4) is 0 Å². The molecule has 0 unspecified atom stereocenters. The van der Waals surface area contributed by atoms with Gasteiger partial charge >= 0.3 is 0 Å². The number of piperazine rings is 1. The van der Waals surface area contributed by atoms with Crippen LogP contribution in [0.4, 0.5) is 0 Å². The van der Waals surface area contributed by atoms with Crippen LogP contribution in [0, 0.1) is 5.92 Å². The topological polar surface area (TPSA) is 15.3 Å². The van der Waals surface area contributed by atoms with Crippen LogP contribution < -0.4 is 5.32 Å². The van der Waals surface area contributed by atoms with E-state index in [1.807, 2.05) is 0 Å². The summed E-state index contributed by atoms with van der Waals surface area (Å²) in [7, 11) is 0. The number of nitrogens with one attached hydrogen (secondary N) is 1. The second-order valence-electron chi connectivity index (χ2n) is 8.50. The minimum Gasteiger partial charge on any atom is -0.314 e. The molecular formula is C21H34N2. The van der Waals surface area contributed by atoms with E-state index in [1.54, 1.807) is 5.56 Å². The van der Waals surface area contributed by atoms with E-state index in [9.17, 15) is 0 Å². The lowest BCUT2D eigenvalue weighted by Crippen LogP contribution is -2.47. The van der Waals surface area contributed by atoms with Gasteiger partial charge in [-0.3, -0.25) is 4.90 Å². The maximum Gasteiger partial charge on any atom is 0.0377 e. The van der Waals surface area contributed by atoms with E-state index in [0.29, 0.717) is 6.04 Å². The van der Waals surface area contributed by atoms with Crippen molar-refractivity contribution in [1.29, 1.82) is 0 Å². The zero-order valence-corrected chi connectivity index (χ0v) is 15.3. The summed E-state index contributed by atoms with van der Waals surface area (Å²) in [6.45, 7) is 11.6. The third kappa shape index (κ3) is 4.16. The summed E-state index contributed by atoms with van der Waals surface area (Å²) in [6, 6.07) is 10.2. The van der Waals surface area contributed by atoms with Gasteiger partial charge in [-0.25, -0.2) is 0 Å². The molecule has 2 heteroatoms. The van der Waals surface area contributed by atoms with E-state index in [4.69, 9.17) is 0 Å². The SMILES string of the molecule is CC(C)(C)c1ccc([C@@H](C2CCCCC2)N2CCNCC2)cc1. The number of benzene rings is 1. The molecule has 1 aromatic rings. The lowest BCUT2D eigenvalue weighted by atomic mass is 9.79. The van der Waals surface area contributed by atoms with Crippen LogP contribution in [-0.4, -0.2) is 31.1 Å². The van der Waals surface area contributed by atoms with Gasteiger partial charge in [0.2, 0.25) is 0 Å². The Bertz CT molecular complexity index is 456. The van der Waals surface area contributed by atoms with Crippen LogP contribution in [0.1, 0.15) is 70.0 Å². The first-order chi connectivity index (χ1) is 11.1. The highest BCUT2D eigenvalue weighted by atomic mass is 15.2. The van der Waals surface area contributed by atoms with Crippen LogP contribution in [0.2, 0.25) is 0 Å². The Labute approximate surface area is 142 Å². The van der Waals surface area contributed by atoms with Gasteiger partial charge in [-0.2, -0.15) is 0 Å². The number of rotatable bonds is 3. The van der Waals surface area contributed by atoms with Crippen molar-refractivity contribution in [1.82, 2.24) is 10.2 Å². The van der Waals surface area contributed by atoms with Crippen molar-refractivity contribution in [2.75, 3.05) is 26.2 Å². The summed E-state index contributed by atoms with van der Waals surface area (Å²) >= 11 is 0. The Balaban J connectivity index is 1.84. The summed E-state index contributed by atoms with van der Waals surface area (Å²) in [6.07, 6.45) is 7.11. The molecule has 3 rings (SSSR count). The minimum atomic E-state index is 0.244. The molecule has 2 nitrogen and oxygen atoms in total. The molecule has 0 bridgehead atoms. The first-order valence-corrected chi connectivity index (χ1v) is 9.61. The summed E-state index contributed by atoms with van der Waals surface area (Å²) in [4.78, 5) is 2.75. The van der Waals surface area contributed by atoms with E-state index in [2.05, 4.69) is 55.3 Å². The number of hydrogen-bond donors (Lipinski definition) is 1. The molecule has 128 valence electrons. The normalized spacial score (nSPS) is 22.9. The van der Waals surface area contributed by atoms with E-state index in [-0.39, 0.29) is 5.41 Å². The minimum absolute atomic E-state index is 0.244. The Kier molecular flexibility index (Phi) is 5.43. The third-order valence-electron chi connectivity index (χ3n) is 5.76. The molecule has 2 fully saturated rings. The van der Waals surface area contributed by atoms with Crippen LogP contribution >= 0.6 is 0 Å². The van der Waals surface area contributed by atoms with Crippen molar-refractivity contribution in [2.24, 2.45) is 5.92 Å². The Morgan fingerprint density at radius 3 is 2.13 bits per heavy atom. The summed E-state index contributed by atoms with van der Waals surface area (Å²) in [5.41, 5.74) is 3.24. The van der Waals surface area contributed by atoms with Gasteiger partial charge in [0.15, 0.2) is 0 Å². The van der Waals surface area contributed by atoms with Gasteiger partial charge in [-0.1, -0.05) is 64.3 Å². The quantitative estimate of drug-likeness (QED) is 0.883. The first kappa shape index (κ1) is 17.0. The second kappa shape index (κ2) is 7.36. The zero-order chi connectivity index (χ0) is 16.3. The second-order valence-corrected chi connectivity index (χ2v) is 8.50. The molecular weight excluding hydrogens is 280 g/mol. The fourth-order valence-corrected chi connectivity index (χ4v) is 4.37. The Morgan fingerprint density at radius 1 is 0.957 bits per heavy atom. The van der Waals surface area contributed by atoms with Crippen LogP contribution in [0.5, 0.6) is 0 Å². The number of hydrogen-bond acceptors (Lipinski definition) is 2. The van der Waals surface area contributed by atoms with Crippen LogP contribution in [0.15, 0.2) is 24.3 Å². The third-order valence-corrected chi connectivity index (χ3v) is 5.76. The number of nitrogens with zero attached hydrogens (tertiary/aromatic N) is 1. The maximum absolute atomic E-state index is 3.51.